The summed E-state index contributed by atoms with van der Waals surface area (Å²) in [4.78, 5) is 23.2. The van der Waals surface area contributed by atoms with E-state index in [2.05, 4.69) is 10.4 Å². The molecule has 0 fully saturated rings. The highest BCUT2D eigenvalue weighted by atomic mass is 19.4. The first-order valence-corrected chi connectivity index (χ1v) is 8.49. The highest BCUT2D eigenvalue weighted by molar-refractivity contribution is 6.01. The summed E-state index contributed by atoms with van der Waals surface area (Å²) in [7, 11) is 0. The van der Waals surface area contributed by atoms with Crippen LogP contribution in [0.2, 0.25) is 0 Å². The summed E-state index contributed by atoms with van der Waals surface area (Å²) in [5.74, 6) is 0.0806. The summed E-state index contributed by atoms with van der Waals surface area (Å²) in [6, 6.07) is 7.90. The number of carbonyl (C=O) groups excluding carboxylic acids is 2. The molecule has 0 bridgehead atoms. The maximum absolute atomic E-state index is 12.7. The minimum atomic E-state index is -4.44. The quantitative estimate of drug-likeness (QED) is 0.489. The van der Waals surface area contributed by atoms with E-state index in [4.69, 9.17) is 4.42 Å². The number of aromatic nitrogens is 2. The lowest BCUT2D eigenvalue weighted by Gasteiger charge is -2.06. The van der Waals surface area contributed by atoms with Crippen molar-refractivity contribution in [3.8, 4) is 0 Å². The molecule has 0 spiro atoms. The van der Waals surface area contributed by atoms with Crippen LogP contribution in [-0.2, 0) is 17.5 Å². The molecule has 0 aliphatic rings. The van der Waals surface area contributed by atoms with E-state index in [1.165, 1.54) is 36.0 Å². The van der Waals surface area contributed by atoms with Crippen molar-refractivity contribution in [1.82, 2.24) is 9.78 Å². The molecule has 29 heavy (non-hydrogen) atoms. The Labute approximate surface area is 163 Å². The van der Waals surface area contributed by atoms with Gasteiger partial charge in [0.1, 0.15) is 5.76 Å². The van der Waals surface area contributed by atoms with Gasteiger partial charge in [0.05, 0.1) is 24.0 Å². The van der Waals surface area contributed by atoms with Crippen LogP contribution in [-0.4, -0.2) is 21.5 Å². The van der Waals surface area contributed by atoms with Crippen molar-refractivity contribution < 1.29 is 27.2 Å². The van der Waals surface area contributed by atoms with Gasteiger partial charge in [0.2, 0.25) is 5.91 Å². The lowest BCUT2D eigenvalue weighted by molar-refractivity contribution is -0.137. The molecule has 0 atom stereocenters. The smallest absolute Gasteiger partial charge is 0.416 e. The standard InChI is InChI=1S/C20H16F3N3O3/c1-13(27)18-7-6-17(29-18)12-26-11-16(10-24-26)25-19(28)8-5-14-3-2-4-15(9-14)20(21,22)23/h2-11H,12H2,1H3,(H,25,28)/b8-5-. The molecule has 6 nitrogen and oxygen atoms in total. The minimum Gasteiger partial charge on any atom is -0.456 e. The van der Waals surface area contributed by atoms with Crippen LogP contribution in [0.3, 0.4) is 0 Å². The molecule has 0 aliphatic heterocycles. The zero-order valence-electron chi connectivity index (χ0n) is 15.2. The number of nitrogens with one attached hydrogen (secondary N) is 1. The molecule has 2 heterocycles. The number of alkyl halides is 3. The monoisotopic (exact) mass is 403 g/mol. The molecule has 9 heteroatoms. The summed E-state index contributed by atoms with van der Waals surface area (Å²) < 4.78 is 45.0. The molecular weight excluding hydrogens is 387 g/mol. The van der Waals surface area contributed by atoms with Crippen LogP contribution in [0.25, 0.3) is 6.08 Å². The van der Waals surface area contributed by atoms with Crippen molar-refractivity contribution in [1.29, 1.82) is 0 Å². The van der Waals surface area contributed by atoms with Gasteiger partial charge in [-0.25, -0.2) is 0 Å². The van der Waals surface area contributed by atoms with Crippen LogP contribution >= 0.6 is 0 Å². The molecule has 0 saturated carbocycles. The number of benzene rings is 1. The Morgan fingerprint density at radius 2 is 2.03 bits per heavy atom. The molecule has 1 N–H and O–H groups in total. The van der Waals surface area contributed by atoms with E-state index in [0.29, 0.717) is 11.4 Å². The number of furan rings is 1. The number of hydrogen-bond donors (Lipinski definition) is 1. The third-order valence-electron chi connectivity index (χ3n) is 3.87. The number of hydrogen-bond acceptors (Lipinski definition) is 4. The van der Waals surface area contributed by atoms with Crippen LogP contribution in [0.15, 0.2) is 59.3 Å². The predicted octanol–water partition coefficient (Wildman–Crippen LogP) is 4.40. The maximum atomic E-state index is 12.7. The molecule has 0 aliphatic carbocycles. The van der Waals surface area contributed by atoms with Crippen molar-refractivity contribution in [2.24, 2.45) is 0 Å². The van der Waals surface area contributed by atoms with Gasteiger partial charge < -0.3 is 9.73 Å². The molecule has 3 rings (SSSR count). The Bertz CT molecular complexity index is 1060. The molecule has 1 amide bonds. The van der Waals surface area contributed by atoms with Crippen LogP contribution in [0.1, 0.15) is 34.4 Å². The van der Waals surface area contributed by atoms with Gasteiger partial charge in [-0.3, -0.25) is 14.3 Å². The molecule has 2 aromatic heterocycles. The maximum Gasteiger partial charge on any atom is 0.416 e. The zero-order valence-corrected chi connectivity index (χ0v) is 15.2. The van der Waals surface area contributed by atoms with Crippen molar-refractivity contribution in [3.05, 3.63) is 77.5 Å². The third-order valence-corrected chi connectivity index (χ3v) is 3.87. The van der Waals surface area contributed by atoms with Gasteiger partial charge in [-0.2, -0.15) is 18.3 Å². The molecule has 0 radical (unpaired) electrons. The van der Waals surface area contributed by atoms with Gasteiger partial charge in [-0.05, 0) is 35.9 Å². The van der Waals surface area contributed by atoms with Crippen LogP contribution < -0.4 is 5.32 Å². The summed E-state index contributed by atoms with van der Waals surface area (Å²) in [6.45, 7) is 1.67. The first-order valence-electron chi connectivity index (χ1n) is 8.49. The van der Waals surface area contributed by atoms with Crippen molar-refractivity contribution in [2.45, 2.75) is 19.6 Å². The van der Waals surface area contributed by atoms with E-state index in [1.807, 2.05) is 0 Å². The molecule has 150 valence electrons. The molecular formula is C20H16F3N3O3. The fraction of sp³-hybridized carbons (Fsp3) is 0.150. The first kappa shape index (κ1) is 20.1. The largest absolute Gasteiger partial charge is 0.456 e. The van der Waals surface area contributed by atoms with Crippen molar-refractivity contribution in [3.63, 3.8) is 0 Å². The summed E-state index contributed by atoms with van der Waals surface area (Å²) in [5.41, 5.74) is -0.126. The van der Waals surface area contributed by atoms with Gasteiger partial charge in [0.25, 0.3) is 0 Å². The minimum absolute atomic E-state index is 0.183. The van der Waals surface area contributed by atoms with E-state index >= 15 is 0 Å². The van der Waals surface area contributed by atoms with Crippen LogP contribution in [0.5, 0.6) is 0 Å². The van der Waals surface area contributed by atoms with Crippen LogP contribution in [0.4, 0.5) is 18.9 Å². The van der Waals surface area contributed by atoms with E-state index < -0.39 is 17.6 Å². The average Bonchev–Trinajstić information content (AvgIpc) is 3.30. The molecule has 1 aromatic carbocycles. The second kappa shape index (κ2) is 8.17. The lowest BCUT2D eigenvalue weighted by atomic mass is 10.1. The number of halogens is 3. The average molecular weight is 403 g/mol. The Morgan fingerprint density at radius 1 is 1.24 bits per heavy atom. The zero-order chi connectivity index (χ0) is 21.0. The van der Waals surface area contributed by atoms with E-state index in [1.54, 1.807) is 18.3 Å². The van der Waals surface area contributed by atoms with E-state index in [-0.39, 0.29) is 23.7 Å². The highest BCUT2D eigenvalue weighted by Gasteiger charge is 2.30. The van der Waals surface area contributed by atoms with Gasteiger partial charge in [-0.1, -0.05) is 12.1 Å². The van der Waals surface area contributed by atoms with Crippen LogP contribution in [0, 0.1) is 0 Å². The number of ketones is 1. The molecule has 0 unspecified atom stereocenters. The lowest BCUT2D eigenvalue weighted by Crippen LogP contribution is -2.07. The third kappa shape index (κ3) is 5.44. The molecule has 3 aromatic rings. The summed E-state index contributed by atoms with van der Waals surface area (Å²) in [5, 5.41) is 6.65. The van der Waals surface area contributed by atoms with Crippen molar-refractivity contribution in [2.75, 3.05) is 5.32 Å². The number of nitrogens with zero attached hydrogens (tertiary/aromatic N) is 2. The second-order valence-corrected chi connectivity index (χ2v) is 6.19. The fourth-order valence-corrected chi connectivity index (χ4v) is 2.50. The summed E-state index contributed by atoms with van der Waals surface area (Å²) >= 11 is 0. The van der Waals surface area contributed by atoms with Gasteiger partial charge in [0.15, 0.2) is 11.5 Å². The number of anilines is 1. The van der Waals surface area contributed by atoms with Gasteiger partial charge in [-0.15, -0.1) is 0 Å². The SMILES string of the molecule is CC(=O)c1ccc(Cn2cc(NC(=O)/C=C\c3cccc(C(F)(F)F)c3)cn2)o1. The topological polar surface area (TPSA) is 77.1 Å². The van der Waals surface area contributed by atoms with E-state index in [0.717, 1.165) is 18.2 Å². The normalized spacial score (nSPS) is 11.7. The Kier molecular flexibility index (Phi) is 5.67. The first-order chi connectivity index (χ1) is 13.7. The predicted molar refractivity (Wildman–Crippen MR) is 99.1 cm³/mol. The number of carbonyl (C=O) groups is 2. The van der Waals surface area contributed by atoms with Crippen molar-refractivity contribution >= 4 is 23.5 Å². The Balaban J connectivity index is 1.60. The van der Waals surface area contributed by atoms with Gasteiger partial charge >= 0.3 is 6.18 Å². The Hall–Kier alpha value is -3.62. The Morgan fingerprint density at radius 3 is 2.72 bits per heavy atom. The number of amides is 1. The number of Topliss-reactive ketones (excluding diaryl/α,β-unsaturated/α-hetero) is 1. The molecule has 0 saturated heterocycles. The second-order valence-electron chi connectivity index (χ2n) is 6.19. The fourth-order valence-electron chi connectivity index (χ4n) is 2.50. The van der Waals surface area contributed by atoms with E-state index in [9.17, 15) is 22.8 Å². The summed E-state index contributed by atoms with van der Waals surface area (Å²) in [6.07, 6.45) is 0.969. The van der Waals surface area contributed by atoms with Gasteiger partial charge in [0, 0.05) is 19.2 Å². The highest BCUT2D eigenvalue weighted by Crippen LogP contribution is 2.29. The number of rotatable bonds is 6.